The van der Waals surface area contributed by atoms with E-state index >= 15 is 0 Å². The van der Waals surface area contributed by atoms with Gasteiger partial charge in [-0.2, -0.15) is 13.2 Å². The Hall–Kier alpha value is -1.47. The smallest absolute Gasteiger partial charge is 0.406 e. The molecule has 0 aliphatic heterocycles. The summed E-state index contributed by atoms with van der Waals surface area (Å²) >= 11 is 0. The molecule has 0 saturated heterocycles. The van der Waals surface area contributed by atoms with Crippen LogP contribution in [0.25, 0.3) is 0 Å². The summed E-state index contributed by atoms with van der Waals surface area (Å²) in [6.07, 6.45) is -4.02. The molecule has 0 aliphatic rings. The molecule has 0 heterocycles. The van der Waals surface area contributed by atoms with E-state index in [-0.39, 0.29) is 12.5 Å². The number of carbonyl (C=O) groups excluding carboxylic acids is 1. The third-order valence-corrected chi connectivity index (χ3v) is 2.80. The molecule has 8 heteroatoms. The Kier molecular flexibility index (Phi) is 6.64. The lowest BCUT2D eigenvalue weighted by atomic mass is 9.99. The monoisotopic (exact) mass is 284 g/mol. The van der Waals surface area contributed by atoms with Crippen molar-refractivity contribution in [3.8, 4) is 0 Å². The minimum absolute atomic E-state index is 0.155. The standard InChI is InChI=1S/C11H19F3N2O3/c1-4-7(3)8(9(17)18)15-10(19)16(5-2)6-11(12,13)14/h7-8H,4-6H2,1-3H3,(H,15,19)(H,17,18)/t7-,8-/m0/s1. The third-order valence-electron chi connectivity index (χ3n) is 2.80. The van der Waals surface area contributed by atoms with Crippen molar-refractivity contribution in [1.29, 1.82) is 0 Å². The lowest BCUT2D eigenvalue weighted by Gasteiger charge is -2.26. The highest BCUT2D eigenvalue weighted by molar-refractivity contribution is 5.82. The Morgan fingerprint density at radius 1 is 1.32 bits per heavy atom. The number of carbonyl (C=O) groups is 2. The van der Waals surface area contributed by atoms with Gasteiger partial charge in [-0.1, -0.05) is 20.3 Å². The van der Waals surface area contributed by atoms with Crippen LogP contribution in [0.5, 0.6) is 0 Å². The average Bonchev–Trinajstić information content (AvgIpc) is 2.30. The van der Waals surface area contributed by atoms with Gasteiger partial charge in [0.2, 0.25) is 0 Å². The van der Waals surface area contributed by atoms with Crippen LogP contribution in [0.4, 0.5) is 18.0 Å². The van der Waals surface area contributed by atoms with Crippen LogP contribution in [-0.2, 0) is 4.79 Å². The van der Waals surface area contributed by atoms with Gasteiger partial charge in [-0.05, 0) is 12.8 Å². The van der Waals surface area contributed by atoms with Gasteiger partial charge in [0.25, 0.3) is 0 Å². The molecule has 0 aromatic rings. The summed E-state index contributed by atoms with van der Waals surface area (Å²) in [5, 5.41) is 11.1. The quantitative estimate of drug-likeness (QED) is 0.784. The highest BCUT2D eigenvalue weighted by atomic mass is 19.4. The van der Waals surface area contributed by atoms with E-state index in [1.54, 1.807) is 13.8 Å². The van der Waals surface area contributed by atoms with Crippen molar-refractivity contribution < 1.29 is 27.9 Å². The van der Waals surface area contributed by atoms with Gasteiger partial charge in [0.05, 0.1) is 0 Å². The van der Waals surface area contributed by atoms with Crippen LogP contribution in [0.1, 0.15) is 27.2 Å². The Morgan fingerprint density at radius 2 is 1.84 bits per heavy atom. The van der Waals surface area contributed by atoms with Gasteiger partial charge in [0.1, 0.15) is 12.6 Å². The van der Waals surface area contributed by atoms with Crippen molar-refractivity contribution in [1.82, 2.24) is 10.2 Å². The summed E-state index contributed by atoms with van der Waals surface area (Å²) in [7, 11) is 0. The van der Waals surface area contributed by atoms with Gasteiger partial charge in [-0.25, -0.2) is 9.59 Å². The summed E-state index contributed by atoms with van der Waals surface area (Å²) in [6, 6.07) is -2.22. The third kappa shape index (κ3) is 6.30. The topological polar surface area (TPSA) is 69.6 Å². The predicted octanol–water partition coefficient (Wildman–Crippen LogP) is 2.08. The molecule has 0 saturated carbocycles. The van der Waals surface area contributed by atoms with E-state index in [2.05, 4.69) is 5.32 Å². The van der Waals surface area contributed by atoms with E-state index in [1.165, 1.54) is 6.92 Å². The van der Waals surface area contributed by atoms with Crippen molar-refractivity contribution in [2.24, 2.45) is 5.92 Å². The Bertz CT molecular complexity index is 321. The van der Waals surface area contributed by atoms with Gasteiger partial charge in [0.15, 0.2) is 0 Å². The number of nitrogens with zero attached hydrogens (tertiary/aromatic N) is 1. The summed E-state index contributed by atoms with van der Waals surface area (Å²) in [5.74, 6) is -1.63. The van der Waals surface area contributed by atoms with Crippen molar-refractivity contribution in [3.05, 3.63) is 0 Å². The first-order valence-electron chi connectivity index (χ1n) is 5.97. The fourth-order valence-electron chi connectivity index (χ4n) is 1.45. The van der Waals surface area contributed by atoms with E-state index in [0.29, 0.717) is 11.3 Å². The molecular weight excluding hydrogens is 265 g/mol. The van der Waals surface area contributed by atoms with E-state index < -0.39 is 30.8 Å². The Morgan fingerprint density at radius 3 is 2.16 bits per heavy atom. The maximum absolute atomic E-state index is 12.2. The number of aliphatic carboxylic acids is 1. The maximum Gasteiger partial charge on any atom is 0.406 e. The number of urea groups is 1. The normalized spacial score (nSPS) is 14.6. The van der Waals surface area contributed by atoms with Crippen molar-refractivity contribution in [2.45, 2.75) is 39.4 Å². The van der Waals surface area contributed by atoms with Gasteiger partial charge in [0, 0.05) is 6.54 Å². The number of nitrogens with one attached hydrogen (secondary N) is 1. The number of alkyl halides is 3. The second kappa shape index (κ2) is 7.20. The molecule has 0 aromatic carbocycles. The number of hydrogen-bond acceptors (Lipinski definition) is 2. The maximum atomic E-state index is 12.2. The Labute approximate surface area is 109 Å². The molecule has 0 spiro atoms. The van der Waals surface area contributed by atoms with E-state index in [0.717, 1.165) is 0 Å². The van der Waals surface area contributed by atoms with Crippen LogP contribution >= 0.6 is 0 Å². The fraction of sp³-hybridized carbons (Fsp3) is 0.818. The first-order valence-corrected chi connectivity index (χ1v) is 5.97. The minimum atomic E-state index is -4.51. The highest BCUT2D eigenvalue weighted by Crippen LogP contribution is 2.17. The number of hydrogen-bond donors (Lipinski definition) is 2. The van der Waals surface area contributed by atoms with Gasteiger partial charge >= 0.3 is 18.2 Å². The molecule has 112 valence electrons. The molecule has 0 aromatic heterocycles. The summed E-state index contributed by atoms with van der Waals surface area (Å²) < 4.78 is 36.7. The van der Waals surface area contributed by atoms with E-state index in [1.807, 2.05) is 0 Å². The zero-order valence-electron chi connectivity index (χ0n) is 11.1. The number of halogens is 3. The molecule has 2 atom stereocenters. The van der Waals surface area contributed by atoms with Crippen LogP contribution in [0, 0.1) is 5.92 Å². The van der Waals surface area contributed by atoms with Crippen molar-refractivity contribution >= 4 is 12.0 Å². The Balaban J connectivity index is 4.74. The number of carboxylic acid groups (broad SMARTS) is 1. The van der Waals surface area contributed by atoms with Crippen LogP contribution < -0.4 is 5.32 Å². The first kappa shape index (κ1) is 17.5. The molecule has 19 heavy (non-hydrogen) atoms. The second-order valence-corrected chi connectivity index (χ2v) is 4.28. The van der Waals surface area contributed by atoms with Crippen molar-refractivity contribution in [3.63, 3.8) is 0 Å². The number of rotatable bonds is 6. The van der Waals surface area contributed by atoms with Crippen LogP contribution in [0.15, 0.2) is 0 Å². The molecule has 0 fully saturated rings. The molecule has 0 bridgehead atoms. The van der Waals surface area contributed by atoms with Crippen LogP contribution in [0.2, 0.25) is 0 Å². The average molecular weight is 284 g/mol. The number of carboxylic acids is 1. The molecule has 0 radical (unpaired) electrons. The predicted molar refractivity (Wildman–Crippen MR) is 62.7 cm³/mol. The molecule has 0 unspecified atom stereocenters. The summed E-state index contributed by atoms with van der Waals surface area (Å²) in [4.78, 5) is 23.1. The molecule has 0 rings (SSSR count). The summed E-state index contributed by atoms with van der Waals surface area (Å²) in [6.45, 7) is 3.18. The van der Waals surface area contributed by atoms with Crippen molar-refractivity contribution in [2.75, 3.05) is 13.1 Å². The van der Waals surface area contributed by atoms with E-state index in [4.69, 9.17) is 5.11 Å². The zero-order valence-corrected chi connectivity index (χ0v) is 11.1. The first-order chi connectivity index (χ1) is 8.62. The SMILES string of the molecule is CC[C@H](C)[C@H](NC(=O)N(CC)CC(F)(F)F)C(=O)O. The van der Waals surface area contributed by atoms with Gasteiger partial charge < -0.3 is 15.3 Å². The summed E-state index contributed by atoms with van der Waals surface area (Å²) in [5.41, 5.74) is 0. The minimum Gasteiger partial charge on any atom is -0.480 e. The second-order valence-electron chi connectivity index (χ2n) is 4.28. The lowest BCUT2D eigenvalue weighted by Crippen LogP contribution is -2.52. The van der Waals surface area contributed by atoms with Gasteiger partial charge in [-0.15, -0.1) is 0 Å². The van der Waals surface area contributed by atoms with E-state index in [9.17, 15) is 22.8 Å². The lowest BCUT2D eigenvalue weighted by molar-refractivity contribution is -0.141. The number of amides is 2. The zero-order chi connectivity index (χ0) is 15.2. The fourth-order valence-corrected chi connectivity index (χ4v) is 1.45. The molecule has 2 amide bonds. The molecule has 5 nitrogen and oxygen atoms in total. The molecule has 2 N–H and O–H groups in total. The molecular formula is C11H19F3N2O3. The highest BCUT2D eigenvalue weighted by Gasteiger charge is 2.34. The van der Waals surface area contributed by atoms with Crippen LogP contribution in [0.3, 0.4) is 0 Å². The van der Waals surface area contributed by atoms with Gasteiger partial charge in [-0.3, -0.25) is 0 Å². The largest absolute Gasteiger partial charge is 0.480 e. The molecule has 0 aliphatic carbocycles. The van der Waals surface area contributed by atoms with Crippen LogP contribution in [-0.4, -0.2) is 47.3 Å².